The van der Waals surface area contributed by atoms with Crippen LogP contribution in [0.1, 0.15) is 22.3 Å². The molecule has 7 heterocycles. The lowest BCUT2D eigenvalue weighted by Crippen LogP contribution is -2.44. The van der Waals surface area contributed by atoms with Crippen molar-refractivity contribution in [3.63, 3.8) is 0 Å². The van der Waals surface area contributed by atoms with Crippen LogP contribution in [0.5, 0.6) is 0 Å². The zero-order chi connectivity index (χ0) is 38.3. The molecule has 0 spiro atoms. The molecule has 0 atom stereocenters. The van der Waals surface area contributed by atoms with E-state index in [-0.39, 0.29) is 11.1 Å². The number of imidazole rings is 2. The van der Waals surface area contributed by atoms with E-state index in [2.05, 4.69) is 67.4 Å². The number of aromatic nitrogens is 8. The number of benzene rings is 2. The molecule has 6 aromatic heterocycles. The van der Waals surface area contributed by atoms with Crippen molar-refractivity contribution in [2.24, 2.45) is 7.05 Å². The van der Waals surface area contributed by atoms with Crippen LogP contribution in [-0.4, -0.2) is 76.3 Å². The SMILES string of the molecule is Cc1cc(-c2nc3cccnc3n2Cc2ccccc2)cn(Cc2cccc(Cn3c(-c4ccc(=O)n(C)c4)nc4ccc(N5CCN(C)CC5)nc43)c2)c1=O. The molecule has 280 valence electrons. The Morgan fingerprint density at radius 3 is 2.09 bits per heavy atom. The van der Waals surface area contributed by atoms with Crippen LogP contribution in [0.2, 0.25) is 0 Å². The second-order valence-corrected chi connectivity index (χ2v) is 14.7. The first-order chi connectivity index (χ1) is 27.3. The van der Waals surface area contributed by atoms with E-state index in [1.54, 1.807) is 28.4 Å². The number of likely N-dealkylation sites (N-methyl/N-ethyl adjacent to an activating group) is 1. The number of nitrogens with zero attached hydrogens (tertiary/aromatic N) is 10. The van der Waals surface area contributed by atoms with Crippen LogP contribution in [0.15, 0.2) is 125 Å². The number of aryl methyl sites for hydroxylation is 2. The van der Waals surface area contributed by atoms with Gasteiger partial charge < -0.3 is 28.1 Å². The Bertz CT molecular complexity index is 2840. The molecule has 0 saturated carbocycles. The van der Waals surface area contributed by atoms with Crippen LogP contribution in [0.3, 0.4) is 0 Å². The van der Waals surface area contributed by atoms with Gasteiger partial charge in [-0.05, 0) is 67.1 Å². The smallest absolute Gasteiger partial charge is 0.253 e. The number of rotatable bonds is 9. The first kappa shape index (κ1) is 35.1. The van der Waals surface area contributed by atoms with Crippen LogP contribution in [0, 0.1) is 6.92 Å². The molecule has 1 fully saturated rings. The van der Waals surface area contributed by atoms with Gasteiger partial charge in [0, 0.05) is 74.6 Å². The van der Waals surface area contributed by atoms with Gasteiger partial charge in [0.15, 0.2) is 11.3 Å². The minimum atomic E-state index is -0.0840. The molecular weight excluding hydrogens is 701 g/mol. The molecule has 0 bridgehead atoms. The highest BCUT2D eigenvalue weighted by Gasteiger charge is 2.21. The predicted octanol–water partition coefficient (Wildman–Crippen LogP) is 5.58. The Hall–Kier alpha value is -6.66. The van der Waals surface area contributed by atoms with Crippen molar-refractivity contribution < 1.29 is 0 Å². The average Bonchev–Trinajstić information content (AvgIpc) is 3.76. The van der Waals surface area contributed by atoms with Crippen molar-refractivity contribution in [2.75, 3.05) is 38.1 Å². The molecular formula is C44H42N10O2. The van der Waals surface area contributed by atoms with E-state index in [0.717, 1.165) is 93.8 Å². The summed E-state index contributed by atoms with van der Waals surface area (Å²) in [6.45, 7) is 7.09. The van der Waals surface area contributed by atoms with Gasteiger partial charge in [-0.15, -0.1) is 0 Å². The van der Waals surface area contributed by atoms with E-state index < -0.39 is 0 Å². The lowest BCUT2D eigenvalue weighted by Gasteiger charge is -2.33. The third kappa shape index (κ3) is 6.79. The fraction of sp³-hybridized carbons (Fsp3) is 0.227. The highest BCUT2D eigenvalue weighted by Crippen LogP contribution is 2.28. The standard InChI is InChI=1S/C44H42N10O2/c1-30-23-35(41-46-36-13-8-18-45-42(36)53(41)26-31-9-5-4-6-10-31)29-52(44(30)56)25-32-11-7-12-33(24-32)27-54-40(34-14-17-39(55)50(3)28-34)47-37-15-16-38(48-43(37)54)51-21-19-49(2)20-22-51/h4-18,23-24,28-29H,19-22,25-27H2,1-3H3. The minimum Gasteiger partial charge on any atom is -0.354 e. The van der Waals surface area contributed by atoms with Crippen molar-refractivity contribution >= 4 is 28.1 Å². The molecule has 0 unspecified atom stereocenters. The molecule has 1 aliphatic rings. The summed E-state index contributed by atoms with van der Waals surface area (Å²) in [7, 11) is 3.90. The van der Waals surface area contributed by atoms with Gasteiger partial charge in [0.2, 0.25) is 5.56 Å². The van der Waals surface area contributed by atoms with Crippen molar-refractivity contribution in [1.82, 2.24) is 43.1 Å². The Labute approximate surface area is 323 Å². The quantitative estimate of drug-likeness (QED) is 0.189. The molecule has 0 amide bonds. The maximum Gasteiger partial charge on any atom is 0.253 e. The van der Waals surface area contributed by atoms with E-state index in [0.29, 0.717) is 25.2 Å². The number of hydrogen-bond acceptors (Lipinski definition) is 8. The van der Waals surface area contributed by atoms with Crippen molar-refractivity contribution in [2.45, 2.75) is 26.6 Å². The molecule has 12 heteroatoms. The Morgan fingerprint density at radius 1 is 0.607 bits per heavy atom. The molecule has 1 saturated heterocycles. The lowest BCUT2D eigenvalue weighted by atomic mass is 10.1. The van der Waals surface area contributed by atoms with E-state index in [1.807, 2.05) is 73.9 Å². The van der Waals surface area contributed by atoms with Crippen molar-refractivity contribution in [3.05, 3.63) is 159 Å². The predicted molar refractivity (Wildman–Crippen MR) is 220 cm³/mol. The topological polar surface area (TPSA) is 112 Å². The molecule has 1 aliphatic heterocycles. The molecule has 0 N–H and O–H groups in total. The third-order valence-corrected chi connectivity index (χ3v) is 10.6. The number of fused-ring (bicyclic) bond motifs is 2. The Kier molecular flexibility index (Phi) is 9.10. The maximum atomic E-state index is 13.7. The second kappa shape index (κ2) is 14.5. The summed E-state index contributed by atoms with van der Waals surface area (Å²) in [6, 6.07) is 31.9. The van der Waals surface area contributed by atoms with Crippen molar-refractivity contribution in [1.29, 1.82) is 0 Å². The lowest BCUT2D eigenvalue weighted by molar-refractivity contribution is 0.312. The maximum absolute atomic E-state index is 13.7. The summed E-state index contributed by atoms with van der Waals surface area (Å²) in [5.74, 6) is 2.42. The molecule has 0 radical (unpaired) electrons. The Morgan fingerprint density at radius 2 is 1.30 bits per heavy atom. The minimum absolute atomic E-state index is 0.0544. The van der Waals surface area contributed by atoms with Gasteiger partial charge in [-0.25, -0.2) is 19.9 Å². The van der Waals surface area contributed by atoms with Crippen LogP contribution in [-0.2, 0) is 26.7 Å². The average molecular weight is 743 g/mol. The molecule has 56 heavy (non-hydrogen) atoms. The summed E-state index contributed by atoms with van der Waals surface area (Å²) in [5.41, 5.74) is 8.50. The summed E-state index contributed by atoms with van der Waals surface area (Å²) in [4.78, 5) is 50.6. The number of pyridine rings is 4. The second-order valence-electron chi connectivity index (χ2n) is 14.7. The molecule has 0 aliphatic carbocycles. The normalized spacial score (nSPS) is 13.6. The van der Waals surface area contributed by atoms with Gasteiger partial charge in [0.1, 0.15) is 28.5 Å². The first-order valence-electron chi connectivity index (χ1n) is 18.9. The largest absolute Gasteiger partial charge is 0.354 e. The summed E-state index contributed by atoms with van der Waals surface area (Å²) < 4.78 is 7.60. The highest BCUT2D eigenvalue weighted by atomic mass is 16.1. The summed E-state index contributed by atoms with van der Waals surface area (Å²) in [6.07, 6.45) is 5.52. The van der Waals surface area contributed by atoms with Gasteiger partial charge in [0.25, 0.3) is 5.56 Å². The molecule has 9 rings (SSSR count). The third-order valence-electron chi connectivity index (χ3n) is 10.6. The summed E-state index contributed by atoms with van der Waals surface area (Å²) in [5, 5.41) is 0. The van der Waals surface area contributed by atoms with Crippen LogP contribution >= 0.6 is 0 Å². The number of anilines is 1. The number of piperazine rings is 1. The molecule has 2 aromatic carbocycles. The van der Waals surface area contributed by atoms with E-state index in [1.165, 1.54) is 0 Å². The van der Waals surface area contributed by atoms with Crippen LogP contribution < -0.4 is 16.0 Å². The van der Waals surface area contributed by atoms with Gasteiger partial charge in [-0.2, -0.15) is 0 Å². The Balaban J connectivity index is 1.07. The monoisotopic (exact) mass is 742 g/mol. The fourth-order valence-electron chi connectivity index (χ4n) is 7.63. The van der Waals surface area contributed by atoms with Crippen molar-refractivity contribution in [3.8, 4) is 22.8 Å². The fourth-order valence-corrected chi connectivity index (χ4v) is 7.63. The van der Waals surface area contributed by atoms with E-state index in [4.69, 9.17) is 15.0 Å². The van der Waals surface area contributed by atoms with E-state index >= 15 is 0 Å². The van der Waals surface area contributed by atoms with Crippen LogP contribution in [0.25, 0.3) is 45.1 Å². The van der Waals surface area contributed by atoms with Gasteiger partial charge in [-0.3, -0.25) is 9.59 Å². The highest BCUT2D eigenvalue weighted by molar-refractivity contribution is 5.79. The zero-order valence-electron chi connectivity index (χ0n) is 31.7. The molecule has 8 aromatic rings. The molecule has 12 nitrogen and oxygen atoms in total. The zero-order valence-corrected chi connectivity index (χ0v) is 31.7. The van der Waals surface area contributed by atoms with Gasteiger partial charge in [-0.1, -0.05) is 54.6 Å². The summed E-state index contributed by atoms with van der Waals surface area (Å²) >= 11 is 0. The van der Waals surface area contributed by atoms with Gasteiger partial charge in [0.05, 0.1) is 19.6 Å². The van der Waals surface area contributed by atoms with Gasteiger partial charge >= 0.3 is 0 Å². The number of hydrogen-bond donors (Lipinski definition) is 0. The van der Waals surface area contributed by atoms with E-state index in [9.17, 15) is 9.59 Å². The van der Waals surface area contributed by atoms with Crippen LogP contribution in [0.4, 0.5) is 5.82 Å². The first-order valence-corrected chi connectivity index (χ1v) is 18.9.